The maximum absolute atomic E-state index is 13.1. The van der Waals surface area contributed by atoms with E-state index in [9.17, 15) is 4.79 Å². The monoisotopic (exact) mass is 468 g/mol. The summed E-state index contributed by atoms with van der Waals surface area (Å²) in [5.74, 6) is 0.829. The van der Waals surface area contributed by atoms with Crippen molar-refractivity contribution < 1.29 is 14.3 Å². The Kier molecular flexibility index (Phi) is 4.57. The molecule has 1 spiro atoms. The van der Waals surface area contributed by atoms with Gasteiger partial charge in [0.05, 0.1) is 16.8 Å². The molecule has 0 amide bonds. The lowest BCUT2D eigenvalue weighted by atomic mass is 9.76. The van der Waals surface area contributed by atoms with Crippen LogP contribution in [0, 0.1) is 0 Å². The Balaban J connectivity index is 1.64. The van der Waals surface area contributed by atoms with Crippen LogP contribution in [0.1, 0.15) is 39.5 Å². The van der Waals surface area contributed by atoms with Crippen molar-refractivity contribution in [3.05, 3.63) is 112 Å². The van der Waals surface area contributed by atoms with Gasteiger partial charge in [-0.05, 0) is 66.6 Å². The zero-order valence-corrected chi connectivity index (χ0v) is 19.1. The molecule has 0 radical (unpaired) electrons. The standard InChI is InChI=1S/C28H21ClN2O3/c1-2-16-14-17(29)10-12-22(16)31-23-8-5-9-25-26(23)28(21-15-18(30)11-13-24(21)33-25)20-7-4-3-6-19(20)27(32)34-28/h3-15,31H,2,30H2,1H3. The number of esters is 1. The van der Waals surface area contributed by atoms with E-state index in [4.69, 9.17) is 26.8 Å². The van der Waals surface area contributed by atoms with Gasteiger partial charge in [-0.3, -0.25) is 0 Å². The second-order valence-corrected chi connectivity index (χ2v) is 8.87. The minimum Gasteiger partial charge on any atom is -0.456 e. The summed E-state index contributed by atoms with van der Waals surface area (Å²) in [6.07, 6.45) is 0.802. The first kappa shape index (κ1) is 20.6. The highest BCUT2D eigenvalue weighted by atomic mass is 35.5. The number of aryl methyl sites for hydroxylation is 1. The first-order valence-corrected chi connectivity index (χ1v) is 11.5. The molecule has 6 rings (SSSR count). The van der Waals surface area contributed by atoms with E-state index in [1.54, 1.807) is 12.1 Å². The topological polar surface area (TPSA) is 73.6 Å². The largest absolute Gasteiger partial charge is 0.456 e. The molecule has 2 aliphatic heterocycles. The Hall–Kier alpha value is -3.96. The molecule has 0 bridgehead atoms. The van der Waals surface area contributed by atoms with Crippen LogP contribution in [0.3, 0.4) is 0 Å². The number of ether oxygens (including phenoxy) is 2. The number of nitrogens with one attached hydrogen (secondary N) is 1. The second-order valence-electron chi connectivity index (χ2n) is 8.43. The number of hydrogen-bond donors (Lipinski definition) is 2. The predicted octanol–water partition coefficient (Wildman–Crippen LogP) is 6.80. The summed E-state index contributed by atoms with van der Waals surface area (Å²) in [5, 5.41) is 4.24. The maximum atomic E-state index is 13.1. The van der Waals surface area contributed by atoms with Crippen molar-refractivity contribution in [3.8, 4) is 11.5 Å². The Bertz CT molecular complexity index is 1480. The first-order valence-electron chi connectivity index (χ1n) is 11.1. The van der Waals surface area contributed by atoms with Crippen LogP contribution in [-0.4, -0.2) is 5.97 Å². The third-order valence-electron chi connectivity index (χ3n) is 6.47. The van der Waals surface area contributed by atoms with Gasteiger partial charge in [0.25, 0.3) is 0 Å². The first-order chi connectivity index (χ1) is 16.5. The van der Waals surface area contributed by atoms with Gasteiger partial charge in [-0.1, -0.05) is 42.8 Å². The van der Waals surface area contributed by atoms with Gasteiger partial charge in [0.1, 0.15) is 11.5 Å². The highest BCUT2D eigenvalue weighted by Gasteiger charge is 2.54. The van der Waals surface area contributed by atoms with Crippen molar-refractivity contribution in [2.24, 2.45) is 0 Å². The molecule has 0 aromatic heterocycles. The van der Waals surface area contributed by atoms with Crippen LogP contribution in [0.2, 0.25) is 5.02 Å². The number of nitrogens with two attached hydrogens (primary N) is 1. The van der Waals surface area contributed by atoms with Crippen molar-refractivity contribution in [1.82, 2.24) is 0 Å². The number of carbonyl (C=O) groups is 1. The number of nitrogen functional groups attached to an aromatic ring is 1. The average Bonchev–Trinajstić information content (AvgIpc) is 3.14. The van der Waals surface area contributed by atoms with Crippen LogP contribution < -0.4 is 15.8 Å². The van der Waals surface area contributed by atoms with Gasteiger partial charge in [0.2, 0.25) is 0 Å². The highest BCUT2D eigenvalue weighted by molar-refractivity contribution is 6.30. The number of rotatable bonds is 3. The number of fused-ring (bicyclic) bond motifs is 6. The van der Waals surface area contributed by atoms with Crippen LogP contribution >= 0.6 is 11.6 Å². The fourth-order valence-corrected chi connectivity index (χ4v) is 5.17. The number of halogens is 1. The van der Waals surface area contributed by atoms with Crippen molar-refractivity contribution >= 4 is 34.6 Å². The van der Waals surface area contributed by atoms with E-state index in [0.717, 1.165) is 34.5 Å². The molecule has 4 aromatic carbocycles. The van der Waals surface area contributed by atoms with Crippen LogP contribution in [-0.2, 0) is 16.8 Å². The maximum Gasteiger partial charge on any atom is 0.340 e. The fourth-order valence-electron chi connectivity index (χ4n) is 4.97. The van der Waals surface area contributed by atoms with E-state index in [-0.39, 0.29) is 5.97 Å². The predicted molar refractivity (Wildman–Crippen MR) is 133 cm³/mol. The number of benzene rings is 4. The molecule has 0 aliphatic carbocycles. The van der Waals surface area contributed by atoms with Crippen LogP contribution in [0.25, 0.3) is 0 Å². The average molecular weight is 469 g/mol. The molecule has 4 aromatic rings. The summed E-state index contributed by atoms with van der Waals surface area (Å²) in [6.45, 7) is 2.08. The van der Waals surface area contributed by atoms with Gasteiger partial charge in [0, 0.05) is 27.5 Å². The third kappa shape index (κ3) is 2.90. The molecule has 34 heavy (non-hydrogen) atoms. The molecule has 6 heteroatoms. The van der Waals surface area contributed by atoms with Gasteiger partial charge in [0.15, 0.2) is 5.60 Å². The Labute approximate surface area is 202 Å². The lowest BCUT2D eigenvalue weighted by Gasteiger charge is -2.38. The quantitative estimate of drug-likeness (QED) is 0.255. The Morgan fingerprint density at radius 3 is 2.62 bits per heavy atom. The van der Waals surface area contributed by atoms with Crippen molar-refractivity contribution in [2.45, 2.75) is 18.9 Å². The van der Waals surface area contributed by atoms with E-state index >= 15 is 0 Å². The smallest absolute Gasteiger partial charge is 0.340 e. The summed E-state index contributed by atoms with van der Waals surface area (Å²) in [7, 11) is 0. The van der Waals surface area contributed by atoms with E-state index in [1.807, 2.05) is 66.7 Å². The summed E-state index contributed by atoms with van der Waals surface area (Å²) >= 11 is 6.24. The van der Waals surface area contributed by atoms with Gasteiger partial charge in [-0.15, -0.1) is 0 Å². The molecule has 1 unspecified atom stereocenters. The summed E-state index contributed by atoms with van der Waals surface area (Å²) in [5.41, 5.74) is 11.0. The summed E-state index contributed by atoms with van der Waals surface area (Å²) in [4.78, 5) is 13.1. The van der Waals surface area contributed by atoms with Gasteiger partial charge >= 0.3 is 5.97 Å². The molecule has 0 saturated heterocycles. The van der Waals surface area contributed by atoms with Gasteiger partial charge in [-0.2, -0.15) is 0 Å². The number of anilines is 3. The Morgan fingerprint density at radius 1 is 0.912 bits per heavy atom. The molecule has 1 atom stereocenters. The van der Waals surface area contributed by atoms with Gasteiger partial charge in [-0.25, -0.2) is 4.79 Å². The van der Waals surface area contributed by atoms with Crippen molar-refractivity contribution in [2.75, 3.05) is 11.1 Å². The van der Waals surface area contributed by atoms with Gasteiger partial charge < -0.3 is 20.5 Å². The highest BCUT2D eigenvalue weighted by Crippen LogP contribution is 2.58. The minimum absolute atomic E-state index is 0.382. The normalized spacial score (nSPS) is 17.4. The van der Waals surface area contributed by atoms with E-state index in [2.05, 4.69) is 12.2 Å². The molecule has 0 saturated carbocycles. The minimum atomic E-state index is -1.20. The zero-order valence-electron chi connectivity index (χ0n) is 18.4. The van der Waals surface area contributed by atoms with Crippen molar-refractivity contribution in [3.63, 3.8) is 0 Å². The van der Waals surface area contributed by atoms with E-state index in [0.29, 0.717) is 33.3 Å². The molecule has 0 fully saturated rings. The summed E-state index contributed by atoms with van der Waals surface area (Å²) < 4.78 is 12.6. The van der Waals surface area contributed by atoms with Crippen LogP contribution in [0.5, 0.6) is 11.5 Å². The summed E-state index contributed by atoms with van der Waals surface area (Å²) in [6, 6.07) is 24.4. The molecule has 168 valence electrons. The SMILES string of the molecule is CCc1cc(Cl)ccc1Nc1cccc2c1C1(OC(=O)c3ccccc31)c1cc(N)ccc1O2. The molecular weight excluding hydrogens is 448 g/mol. The lowest BCUT2D eigenvalue weighted by Crippen LogP contribution is -2.34. The van der Waals surface area contributed by atoms with Crippen LogP contribution in [0.15, 0.2) is 78.9 Å². The second kappa shape index (κ2) is 7.54. The third-order valence-corrected chi connectivity index (χ3v) is 6.71. The number of carbonyl (C=O) groups excluding carboxylic acids is 1. The van der Waals surface area contributed by atoms with Crippen molar-refractivity contribution in [1.29, 1.82) is 0 Å². The zero-order chi connectivity index (χ0) is 23.4. The van der Waals surface area contributed by atoms with E-state index < -0.39 is 5.60 Å². The molecule has 2 heterocycles. The molecule has 5 nitrogen and oxygen atoms in total. The number of hydrogen-bond acceptors (Lipinski definition) is 5. The Morgan fingerprint density at radius 2 is 1.76 bits per heavy atom. The van der Waals surface area contributed by atoms with Crippen LogP contribution in [0.4, 0.5) is 17.1 Å². The molecule has 2 aliphatic rings. The fraction of sp³-hybridized carbons (Fsp3) is 0.107. The lowest BCUT2D eigenvalue weighted by molar-refractivity contribution is 0.0227. The van der Waals surface area contributed by atoms with E-state index in [1.165, 1.54) is 0 Å². The molecule has 3 N–H and O–H groups in total. The molecular formula is C28H21ClN2O3.